The first kappa shape index (κ1) is 16.7. The Morgan fingerprint density at radius 1 is 1.46 bits per heavy atom. The van der Waals surface area contributed by atoms with E-state index in [1.807, 2.05) is 24.6 Å². The molecule has 2 aromatic heterocycles. The molecule has 7 heteroatoms. The van der Waals surface area contributed by atoms with Crippen molar-refractivity contribution >= 4 is 5.91 Å². The van der Waals surface area contributed by atoms with Crippen LogP contribution in [0.1, 0.15) is 49.2 Å². The Bertz CT molecular complexity index is 707. The van der Waals surface area contributed by atoms with Gasteiger partial charge in [0.05, 0.1) is 11.6 Å². The molecule has 1 fully saturated rings. The third-order valence-electron chi connectivity index (χ3n) is 4.60. The standard InChI is InChI=1S/C17H24N4O3/c1-4-14-13(11(3)20-24-14)10-19-17(22)12-6-9-23-15(12)16-18-7-8-21(16)5-2/h7-8,12,15H,4-6,9-10H2,1-3H3,(H,19,22)/t12-,15-/m1/s1. The van der Waals surface area contributed by atoms with E-state index in [2.05, 4.69) is 22.4 Å². The summed E-state index contributed by atoms with van der Waals surface area (Å²) in [6, 6.07) is 0. The number of rotatable bonds is 6. The summed E-state index contributed by atoms with van der Waals surface area (Å²) in [6.45, 7) is 7.77. The van der Waals surface area contributed by atoms with Crippen LogP contribution in [0.25, 0.3) is 0 Å². The highest BCUT2D eigenvalue weighted by molar-refractivity contribution is 5.79. The van der Waals surface area contributed by atoms with Crippen LogP contribution in [0.3, 0.4) is 0 Å². The number of nitrogens with zero attached hydrogens (tertiary/aromatic N) is 3. The van der Waals surface area contributed by atoms with Gasteiger partial charge in [-0.1, -0.05) is 12.1 Å². The highest BCUT2D eigenvalue weighted by Gasteiger charge is 2.37. The Hall–Kier alpha value is -2.15. The predicted molar refractivity (Wildman–Crippen MR) is 87.2 cm³/mol. The van der Waals surface area contributed by atoms with Crippen LogP contribution in [-0.2, 0) is 29.0 Å². The maximum atomic E-state index is 12.7. The summed E-state index contributed by atoms with van der Waals surface area (Å²) in [5, 5.41) is 6.99. The minimum atomic E-state index is -0.283. The van der Waals surface area contributed by atoms with Crippen molar-refractivity contribution in [2.24, 2.45) is 5.92 Å². The van der Waals surface area contributed by atoms with E-state index in [-0.39, 0.29) is 17.9 Å². The van der Waals surface area contributed by atoms with Crippen LogP contribution in [0.4, 0.5) is 0 Å². The Morgan fingerprint density at radius 2 is 2.29 bits per heavy atom. The van der Waals surface area contributed by atoms with Crippen molar-refractivity contribution in [3.05, 3.63) is 35.2 Å². The Balaban J connectivity index is 1.69. The second kappa shape index (κ2) is 7.17. The van der Waals surface area contributed by atoms with E-state index in [0.717, 1.165) is 35.8 Å². The highest BCUT2D eigenvalue weighted by Crippen LogP contribution is 2.34. The van der Waals surface area contributed by atoms with E-state index in [1.54, 1.807) is 6.20 Å². The fourth-order valence-corrected chi connectivity index (χ4v) is 3.20. The zero-order valence-electron chi connectivity index (χ0n) is 14.4. The van der Waals surface area contributed by atoms with E-state index in [9.17, 15) is 4.79 Å². The topological polar surface area (TPSA) is 82.2 Å². The van der Waals surface area contributed by atoms with Crippen LogP contribution >= 0.6 is 0 Å². The Labute approximate surface area is 141 Å². The number of ether oxygens (including phenoxy) is 1. The number of hydrogen-bond acceptors (Lipinski definition) is 5. The van der Waals surface area contributed by atoms with Gasteiger partial charge in [0.1, 0.15) is 17.7 Å². The monoisotopic (exact) mass is 332 g/mol. The first-order valence-corrected chi connectivity index (χ1v) is 8.50. The van der Waals surface area contributed by atoms with Crippen LogP contribution in [-0.4, -0.2) is 27.2 Å². The number of imidazole rings is 1. The Morgan fingerprint density at radius 3 is 3.04 bits per heavy atom. The maximum absolute atomic E-state index is 12.7. The third-order valence-corrected chi connectivity index (χ3v) is 4.60. The summed E-state index contributed by atoms with van der Waals surface area (Å²) >= 11 is 0. The van der Waals surface area contributed by atoms with Crippen molar-refractivity contribution in [2.45, 2.75) is 52.8 Å². The quantitative estimate of drug-likeness (QED) is 0.876. The molecule has 130 valence electrons. The minimum Gasteiger partial charge on any atom is -0.369 e. The number of amides is 1. The van der Waals surface area contributed by atoms with Crippen LogP contribution in [0.5, 0.6) is 0 Å². The van der Waals surface area contributed by atoms with Gasteiger partial charge >= 0.3 is 0 Å². The summed E-state index contributed by atoms with van der Waals surface area (Å²) in [5.74, 6) is 1.42. The van der Waals surface area contributed by atoms with E-state index in [0.29, 0.717) is 19.6 Å². The molecule has 0 unspecified atom stereocenters. The maximum Gasteiger partial charge on any atom is 0.226 e. The van der Waals surface area contributed by atoms with Crippen molar-refractivity contribution in [3.63, 3.8) is 0 Å². The molecule has 1 N–H and O–H groups in total. The van der Waals surface area contributed by atoms with Crippen molar-refractivity contribution in [2.75, 3.05) is 6.61 Å². The van der Waals surface area contributed by atoms with E-state index in [1.165, 1.54) is 0 Å². The lowest BCUT2D eigenvalue weighted by atomic mass is 9.99. The lowest BCUT2D eigenvalue weighted by Crippen LogP contribution is -2.33. The van der Waals surface area contributed by atoms with Gasteiger partial charge in [-0.3, -0.25) is 4.79 Å². The number of hydrogen-bond donors (Lipinski definition) is 1. The molecule has 0 aromatic carbocycles. The van der Waals surface area contributed by atoms with Gasteiger partial charge in [0, 0.05) is 44.1 Å². The summed E-state index contributed by atoms with van der Waals surface area (Å²) in [4.78, 5) is 17.1. The van der Waals surface area contributed by atoms with Crippen molar-refractivity contribution in [3.8, 4) is 0 Å². The molecule has 0 saturated carbocycles. The van der Waals surface area contributed by atoms with Crippen LogP contribution in [0.15, 0.2) is 16.9 Å². The molecule has 3 rings (SSSR count). The normalized spacial score (nSPS) is 20.5. The molecule has 1 saturated heterocycles. The molecular weight excluding hydrogens is 308 g/mol. The number of aryl methyl sites for hydroxylation is 3. The van der Waals surface area contributed by atoms with Crippen LogP contribution in [0.2, 0.25) is 0 Å². The summed E-state index contributed by atoms with van der Waals surface area (Å²) in [7, 11) is 0. The van der Waals surface area contributed by atoms with Gasteiger partial charge in [-0.15, -0.1) is 0 Å². The molecule has 2 atom stereocenters. The fourth-order valence-electron chi connectivity index (χ4n) is 3.20. The summed E-state index contributed by atoms with van der Waals surface area (Å²) in [6.07, 6.45) is 4.85. The molecule has 7 nitrogen and oxygen atoms in total. The first-order valence-electron chi connectivity index (χ1n) is 8.50. The molecule has 24 heavy (non-hydrogen) atoms. The van der Waals surface area contributed by atoms with Crippen molar-refractivity contribution in [1.82, 2.24) is 20.0 Å². The largest absolute Gasteiger partial charge is 0.369 e. The fraction of sp³-hybridized carbons (Fsp3) is 0.588. The molecular formula is C17H24N4O3. The molecule has 2 aromatic rings. The van der Waals surface area contributed by atoms with E-state index < -0.39 is 0 Å². The lowest BCUT2D eigenvalue weighted by Gasteiger charge is -2.18. The highest BCUT2D eigenvalue weighted by atomic mass is 16.5. The number of aromatic nitrogens is 3. The molecule has 0 aliphatic carbocycles. The van der Waals surface area contributed by atoms with Gasteiger partial charge in [0.2, 0.25) is 5.91 Å². The minimum absolute atomic E-state index is 0.00851. The predicted octanol–water partition coefficient (Wildman–Crippen LogP) is 2.16. The summed E-state index contributed by atoms with van der Waals surface area (Å²) in [5.41, 5.74) is 1.80. The number of carbonyl (C=O) groups is 1. The zero-order valence-corrected chi connectivity index (χ0v) is 14.4. The molecule has 1 aliphatic heterocycles. The number of nitrogens with one attached hydrogen (secondary N) is 1. The lowest BCUT2D eigenvalue weighted by molar-refractivity contribution is -0.127. The second-order valence-corrected chi connectivity index (χ2v) is 6.00. The third kappa shape index (κ3) is 3.08. The SMILES string of the molecule is CCc1onc(C)c1CNC(=O)[C@@H]1CCO[C@H]1c1nccn1CC. The average molecular weight is 332 g/mol. The van der Waals surface area contributed by atoms with Crippen molar-refractivity contribution in [1.29, 1.82) is 0 Å². The van der Waals surface area contributed by atoms with Gasteiger partial charge in [-0.25, -0.2) is 4.98 Å². The number of carbonyl (C=O) groups excluding carboxylic acids is 1. The van der Waals surface area contributed by atoms with Gasteiger partial charge in [0.15, 0.2) is 0 Å². The average Bonchev–Trinajstić information content (AvgIpc) is 3.31. The first-order chi connectivity index (χ1) is 11.7. The zero-order chi connectivity index (χ0) is 17.1. The molecule has 0 spiro atoms. The van der Waals surface area contributed by atoms with Gasteiger partial charge < -0.3 is 19.1 Å². The van der Waals surface area contributed by atoms with Crippen molar-refractivity contribution < 1.29 is 14.1 Å². The van der Waals surface area contributed by atoms with Gasteiger partial charge in [-0.2, -0.15) is 0 Å². The Kier molecular flexibility index (Phi) is 4.99. The van der Waals surface area contributed by atoms with Crippen LogP contribution < -0.4 is 5.32 Å². The molecule has 0 radical (unpaired) electrons. The van der Waals surface area contributed by atoms with Gasteiger partial charge in [0.25, 0.3) is 0 Å². The molecule has 0 bridgehead atoms. The second-order valence-electron chi connectivity index (χ2n) is 6.00. The van der Waals surface area contributed by atoms with Gasteiger partial charge in [-0.05, 0) is 20.3 Å². The smallest absolute Gasteiger partial charge is 0.226 e. The molecule has 3 heterocycles. The van der Waals surface area contributed by atoms with E-state index >= 15 is 0 Å². The summed E-state index contributed by atoms with van der Waals surface area (Å²) < 4.78 is 13.1. The molecule has 1 aliphatic rings. The van der Waals surface area contributed by atoms with E-state index in [4.69, 9.17) is 9.26 Å². The van der Waals surface area contributed by atoms with Crippen LogP contribution in [0, 0.1) is 12.8 Å². The molecule has 1 amide bonds.